The Balaban J connectivity index is 0.00000253. The Bertz CT molecular complexity index is 1330. The number of piperidine rings is 1. The highest BCUT2D eigenvalue weighted by atomic mass is 35.5. The molecule has 2 aromatic carbocycles. The number of nitrogens with zero attached hydrogens (tertiary/aromatic N) is 3. The van der Waals surface area contributed by atoms with Crippen LogP contribution in [0.5, 0.6) is 0 Å². The number of nitrogens with one attached hydrogen (secondary N) is 1. The predicted molar refractivity (Wildman–Crippen MR) is 160 cm³/mol. The molecule has 208 valence electrons. The van der Waals surface area contributed by atoms with Gasteiger partial charge < -0.3 is 15.1 Å². The zero-order valence-corrected chi connectivity index (χ0v) is 24.8. The first-order valence-electron chi connectivity index (χ1n) is 12.3. The molecule has 0 radical (unpaired) electrons. The van der Waals surface area contributed by atoms with Gasteiger partial charge in [-0.15, -0.1) is 24.8 Å². The van der Waals surface area contributed by atoms with Crippen molar-refractivity contribution in [2.24, 2.45) is 0 Å². The summed E-state index contributed by atoms with van der Waals surface area (Å²) in [7, 11) is -1.79. The molecule has 3 aromatic rings. The number of carbonyl (C=O) groups is 1. The third-order valence-electron chi connectivity index (χ3n) is 6.80. The van der Waals surface area contributed by atoms with Gasteiger partial charge in [0.25, 0.3) is 0 Å². The monoisotopic (exact) mass is 600 g/mol. The van der Waals surface area contributed by atoms with Gasteiger partial charge in [-0.3, -0.25) is 9.78 Å². The summed E-state index contributed by atoms with van der Waals surface area (Å²) in [6, 6.07) is 14.5. The SMILES string of the molecule is CNCCN(C(=O)CCS(=O)(=O)c1cccc2cc(Cl)ccc12)C1CCN(c2ccnc(C)c2)CC1.Cl.Cl. The van der Waals surface area contributed by atoms with Crippen LogP contribution in [0, 0.1) is 6.92 Å². The van der Waals surface area contributed by atoms with Crippen molar-refractivity contribution in [2.75, 3.05) is 43.9 Å². The number of pyridine rings is 1. The molecule has 0 saturated carbocycles. The molecule has 0 atom stereocenters. The molecule has 38 heavy (non-hydrogen) atoms. The third kappa shape index (κ3) is 7.73. The minimum atomic E-state index is -3.65. The fourth-order valence-electron chi connectivity index (χ4n) is 4.88. The summed E-state index contributed by atoms with van der Waals surface area (Å²) in [5.41, 5.74) is 2.13. The number of fused-ring (bicyclic) bond motifs is 1. The summed E-state index contributed by atoms with van der Waals surface area (Å²) >= 11 is 6.08. The van der Waals surface area contributed by atoms with E-state index in [0.717, 1.165) is 42.7 Å². The molecule has 0 spiro atoms. The smallest absolute Gasteiger partial charge is 0.223 e. The molecule has 11 heteroatoms. The highest BCUT2D eigenvalue weighted by Crippen LogP contribution is 2.28. The summed E-state index contributed by atoms with van der Waals surface area (Å²) in [6.45, 7) is 4.88. The Hall–Kier alpha value is -2.10. The quantitative estimate of drug-likeness (QED) is 0.375. The number of benzene rings is 2. The second-order valence-corrected chi connectivity index (χ2v) is 11.8. The number of sulfone groups is 1. The van der Waals surface area contributed by atoms with E-state index in [2.05, 4.69) is 21.3 Å². The van der Waals surface area contributed by atoms with E-state index in [1.807, 2.05) is 37.2 Å². The molecule has 0 bridgehead atoms. The Kier molecular flexibility index (Phi) is 12.1. The van der Waals surface area contributed by atoms with Crippen LogP contribution in [0.2, 0.25) is 5.02 Å². The molecule has 1 aliphatic heterocycles. The van der Waals surface area contributed by atoms with Crippen LogP contribution in [-0.2, 0) is 14.6 Å². The van der Waals surface area contributed by atoms with E-state index in [0.29, 0.717) is 23.5 Å². The third-order valence-corrected chi connectivity index (χ3v) is 8.80. The van der Waals surface area contributed by atoms with Crippen molar-refractivity contribution in [3.8, 4) is 0 Å². The summed E-state index contributed by atoms with van der Waals surface area (Å²) in [6.07, 6.45) is 3.46. The van der Waals surface area contributed by atoms with Crippen LogP contribution < -0.4 is 10.2 Å². The van der Waals surface area contributed by atoms with E-state index in [1.165, 1.54) is 0 Å². The lowest BCUT2D eigenvalue weighted by atomic mass is 10.0. The number of likely N-dealkylation sites (N-methyl/N-ethyl adjacent to an activating group) is 1. The summed E-state index contributed by atoms with van der Waals surface area (Å²) < 4.78 is 26.5. The van der Waals surface area contributed by atoms with Crippen molar-refractivity contribution in [3.63, 3.8) is 0 Å². The van der Waals surface area contributed by atoms with Crippen LogP contribution in [-0.4, -0.2) is 69.2 Å². The van der Waals surface area contributed by atoms with Crippen LogP contribution in [0.1, 0.15) is 25.0 Å². The molecule has 1 aromatic heterocycles. The molecule has 2 heterocycles. The molecule has 1 amide bonds. The number of carbonyl (C=O) groups excluding carboxylic acids is 1. The van der Waals surface area contributed by atoms with E-state index >= 15 is 0 Å². The van der Waals surface area contributed by atoms with Crippen LogP contribution in [0.4, 0.5) is 5.69 Å². The van der Waals surface area contributed by atoms with Gasteiger partial charge >= 0.3 is 0 Å². The van der Waals surface area contributed by atoms with Crippen LogP contribution >= 0.6 is 36.4 Å². The summed E-state index contributed by atoms with van der Waals surface area (Å²) in [4.78, 5) is 22.0. The van der Waals surface area contributed by atoms with E-state index in [4.69, 9.17) is 11.6 Å². The number of anilines is 1. The summed E-state index contributed by atoms with van der Waals surface area (Å²) in [5, 5.41) is 5.06. The van der Waals surface area contributed by atoms with Crippen LogP contribution in [0.3, 0.4) is 0 Å². The largest absolute Gasteiger partial charge is 0.371 e. The number of hydrogen-bond acceptors (Lipinski definition) is 6. The topological polar surface area (TPSA) is 82.6 Å². The number of aromatic nitrogens is 1. The number of hydrogen-bond donors (Lipinski definition) is 1. The van der Waals surface area contributed by atoms with Crippen molar-refractivity contribution in [3.05, 3.63) is 65.4 Å². The van der Waals surface area contributed by atoms with Gasteiger partial charge in [-0.05, 0) is 62.5 Å². The van der Waals surface area contributed by atoms with Gasteiger partial charge in [0.05, 0.1) is 10.6 Å². The van der Waals surface area contributed by atoms with Crippen LogP contribution in [0.25, 0.3) is 10.8 Å². The number of amides is 1. The molecule has 0 unspecified atom stereocenters. The molecule has 7 nitrogen and oxygen atoms in total. The zero-order chi connectivity index (χ0) is 25.7. The maximum Gasteiger partial charge on any atom is 0.223 e. The lowest BCUT2D eigenvalue weighted by Crippen LogP contribution is -2.49. The maximum atomic E-state index is 13.3. The highest BCUT2D eigenvalue weighted by Gasteiger charge is 2.29. The van der Waals surface area contributed by atoms with Crippen molar-refractivity contribution in [1.82, 2.24) is 15.2 Å². The Morgan fingerprint density at radius 1 is 1.13 bits per heavy atom. The normalized spacial score (nSPS) is 14.0. The number of halogens is 3. The molecular formula is C27H35Cl3N4O3S. The molecule has 1 N–H and O–H groups in total. The Morgan fingerprint density at radius 2 is 1.87 bits per heavy atom. The minimum absolute atomic E-state index is 0. The van der Waals surface area contributed by atoms with Gasteiger partial charge in [0, 0.05) is 66.6 Å². The minimum Gasteiger partial charge on any atom is -0.371 e. The first-order chi connectivity index (χ1) is 17.3. The lowest BCUT2D eigenvalue weighted by molar-refractivity contribution is -0.133. The second-order valence-electron chi connectivity index (χ2n) is 9.25. The molecule has 1 saturated heterocycles. The van der Waals surface area contributed by atoms with E-state index in [1.54, 1.807) is 30.3 Å². The molecular weight excluding hydrogens is 567 g/mol. The van der Waals surface area contributed by atoms with Gasteiger partial charge in [0.1, 0.15) is 0 Å². The van der Waals surface area contributed by atoms with E-state index in [9.17, 15) is 13.2 Å². The first kappa shape index (κ1) is 32.1. The molecule has 0 aliphatic carbocycles. The van der Waals surface area contributed by atoms with Crippen molar-refractivity contribution >= 4 is 68.6 Å². The van der Waals surface area contributed by atoms with Gasteiger partial charge in [0.2, 0.25) is 5.91 Å². The van der Waals surface area contributed by atoms with E-state index in [-0.39, 0.29) is 53.8 Å². The standard InChI is InChI=1S/C27H33ClN4O3S.2ClH/c1-20-18-24(8-12-30-20)31-14-9-23(10-15-31)32(16-13-29-2)27(33)11-17-36(34,35)26-5-3-4-21-19-22(28)6-7-25(21)26;;/h3-8,12,18-19,23,29H,9-11,13-17H2,1-2H3;2*1H. The average Bonchev–Trinajstić information content (AvgIpc) is 2.87. The fraction of sp³-hybridized carbons (Fsp3) is 0.407. The van der Waals surface area contributed by atoms with Crippen molar-refractivity contribution in [1.29, 1.82) is 0 Å². The summed E-state index contributed by atoms with van der Waals surface area (Å²) in [5.74, 6) is -0.339. The second kappa shape index (κ2) is 14.3. The first-order valence-corrected chi connectivity index (χ1v) is 14.3. The zero-order valence-electron chi connectivity index (χ0n) is 21.6. The molecule has 1 fully saturated rings. The number of rotatable bonds is 9. The van der Waals surface area contributed by atoms with E-state index < -0.39 is 9.84 Å². The Labute approximate surface area is 242 Å². The van der Waals surface area contributed by atoms with Crippen LogP contribution in [0.15, 0.2) is 59.6 Å². The number of aryl methyl sites for hydroxylation is 1. The average molecular weight is 602 g/mol. The molecule has 4 rings (SSSR count). The maximum absolute atomic E-state index is 13.3. The van der Waals surface area contributed by atoms with Gasteiger partial charge in [-0.25, -0.2) is 8.42 Å². The Morgan fingerprint density at radius 3 is 2.55 bits per heavy atom. The van der Waals surface area contributed by atoms with Gasteiger partial charge in [-0.2, -0.15) is 0 Å². The lowest BCUT2D eigenvalue weighted by Gasteiger charge is -2.39. The fourth-order valence-corrected chi connectivity index (χ4v) is 6.53. The van der Waals surface area contributed by atoms with Gasteiger partial charge in [-0.1, -0.05) is 29.8 Å². The molecule has 1 aliphatic rings. The van der Waals surface area contributed by atoms with Crippen molar-refractivity contribution < 1.29 is 13.2 Å². The van der Waals surface area contributed by atoms with Crippen molar-refractivity contribution in [2.45, 2.75) is 37.1 Å². The highest BCUT2D eigenvalue weighted by molar-refractivity contribution is 7.91. The van der Waals surface area contributed by atoms with Gasteiger partial charge in [0.15, 0.2) is 9.84 Å². The predicted octanol–water partition coefficient (Wildman–Crippen LogP) is 4.92.